The zero-order valence-corrected chi connectivity index (χ0v) is 25.2. The maximum absolute atomic E-state index is 13.9. The zero-order chi connectivity index (χ0) is 32.2. The molecular formula is C28H24ClF6N3O4S2. The molecule has 0 aromatic heterocycles. The Labute approximate surface area is 255 Å². The van der Waals surface area contributed by atoms with Crippen LogP contribution in [0.5, 0.6) is 0 Å². The fraction of sp³-hybridized carbons (Fsp3) is 0.286. The first-order chi connectivity index (χ1) is 20.4. The molecule has 236 valence electrons. The van der Waals surface area contributed by atoms with Gasteiger partial charge in [0, 0.05) is 30.2 Å². The number of alkyl halides is 6. The molecule has 0 saturated carbocycles. The minimum absolute atomic E-state index is 0.0682. The Morgan fingerprint density at radius 2 is 1.52 bits per heavy atom. The number of hydrogen-bond donors (Lipinski definition) is 0. The van der Waals surface area contributed by atoms with Crippen LogP contribution in [0, 0.1) is 0 Å². The fourth-order valence-corrected chi connectivity index (χ4v) is 7.95. The van der Waals surface area contributed by atoms with Crippen LogP contribution in [0.1, 0.15) is 22.3 Å². The molecule has 2 aliphatic heterocycles. The monoisotopic (exact) mass is 679 g/mol. The van der Waals surface area contributed by atoms with Gasteiger partial charge in [0.25, 0.3) is 10.0 Å². The summed E-state index contributed by atoms with van der Waals surface area (Å²) >= 11 is 6.06. The molecule has 7 nitrogen and oxygen atoms in total. The molecule has 0 bridgehead atoms. The van der Waals surface area contributed by atoms with Crippen molar-refractivity contribution in [2.45, 2.75) is 23.3 Å². The lowest BCUT2D eigenvalue weighted by Crippen LogP contribution is -2.61. The number of halogens is 7. The standard InChI is InChI=1S/C28H24ClF6N3O4S2/c1-43(39,40)36-12-13-37-20(16-36)17-38(44(41,42)21-5-2-4-19(15-21)27(30,31)32)26-14-18(9-11-25(26)37)8-10-22-23(28(33,34)35)6-3-7-24(22)29/h2-11,14-15,20H,12-13,16-17H2,1H3/b10-8+/t20-/m0/s1. The third kappa shape index (κ3) is 6.28. The molecule has 2 heterocycles. The third-order valence-electron chi connectivity index (χ3n) is 7.42. The van der Waals surface area contributed by atoms with E-state index in [1.54, 1.807) is 12.1 Å². The Hall–Kier alpha value is -3.27. The first kappa shape index (κ1) is 32.1. The third-order valence-corrected chi connectivity index (χ3v) is 10.8. The number of fused-ring (bicyclic) bond motifs is 3. The number of hydrogen-bond acceptors (Lipinski definition) is 5. The van der Waals surface area contributed by atoms with Gasteiger partial charge in [-0.2, -0.15) is 30.6 Å². The second kappa shape index (κ2) is 11.3. The minimum atomic E-state index is -4.81. The van der Waals surface area contributed by atoms with Crippen LogP contribution >= 0.6 is 11.6 Å². The Balaban J connectivity index is 1.62. The van der Waals surface area contributed by atoms with Crippen LogP contribution in [0.3, 0.4) is 0 Å². The number of rotatable bonds is 5. The van der Waals surface area contributed by atoms with E-state index in [9.17, 15) is 43.2 Å². The molecule has 5 rings (SSSR count). The van der Waals surface area contributed by atoms with Crippen LogP contribution in [0.4, 0.5) is 37.7 Å². The summed E-state index contributed by atoms with van der Waals surface area (Å²) in [6.45, 7) is -0.0514. The largest absolute Gasteiger partial charge is 0.417 e. The van der Waals surface area contributed by atoms with Crippen LogP contribution in [0.2, 0.25) is 5.02 Å². The summed E-state index contributed by atoms with van der Waals surface area (Å²) in [5, 5.41) is -0.158. The molecule has 1 fully saturated rings. The van der Waals surface area contributed by atoms with E-state index in [0.717, 1.165) is 47.0 Å². The van der Waals surface area contributed by atoms with Crippen molar-refractivity contribution in [1.82, 2.24) is 4.31 Å². The second-order valence-corrected chi connectivity index (χ2v) is 14.6. The summed E-state index contributed by atoms with van der Waals surface area (Å²) in [6, 6.07) is 10.4. The van der Waals surface area contributed by atoms with Gasteiger partial charge >= 0.3 is 12.4 Å². The number of anilines is 2. The van der Waals surface area contributed by atoms with Crippen molar-refractivity contribution in [3.63, 3.8) is 0 Å². The Kier molecular flexibility index (Phi) is 8.23. The predicted molar refractivity (Wildman–Crippen MR) is 155 cm³/mol. The van der Waals surface area contributed by atoms with E-state index in [0.29, 0.717) is 11.8 Å². The number of sulfonamides is 2. The number of piperazine rings is 1. The smallest absolute Gasteiger partial charge is 0.362 e. The summed E-state index contributed by atoms with van der Waals surface area (Å²) in [7, 11) is -8.26. The highest BCUT2D eigenvalue weighted by atomic mass is 35.5. The highest BCUT2D eigenvalue weighted by molar-refractivity contribution is 7.92. The van der Waals surface area contributed by atoms with Crippen LogP contribution < -0.4 is 9.21 Å². The molecule has 2 aliphatic rings. The van der Waals surface area contributed by atoms with Gasteiger partial charge in [-0.15, -0.1) is 0 Å². The SMILES string of the molecule is CS(=O)(=O)N1CCN2c3ccc(/C=C/c4c(Cl)cccc4C(F)(F)F)cc3N(S(=O)(=O)c3cccc(C(F)(F)F)c3)C[C@@H]2C1. The molecule has 0 amide bonds. The minimum Gasteiger partial charge on any atom is -0.362 e. The van der Waals surface area contributed by atoms with E-state index in [1.807, 2.05) is 4.90 Å². The van der Waals surface area contributed by atoms with Gasteiger partial charge in [-0.25, -0.2) is 16.8 Å². The van der Waals surface area contributed by atoms with Gasteiger partial charge in [0.05, 0.1) is 46.2 Å². The van der Waals surface area contributed by atoms with Crippen LogP contribution in [-0.2, 0) is 32.4 Å². The van der Waals surface area contributed by atoms with Gasteiger partial charge in [0.2, 0.25) is 10.0 Å². The number of benzene rings is 3. The summed E-state index contributed by atoms with van der Waals surface area (Å²) < 4.78 is 136. The predicted octanol–water partition coefficient (Wildman–Crippen LogP) is 6.21. The lowest BCUT2D eigenvalue weighted by atomic mass is 10.0. The summed E-state index contributed by atoms with van der Waals surface area (Å²) in [4.78, 5) is 1.19. The first-order valence-corrected chi connectivity index (χ1v) is 16.6. The molecule has 1 saturated heterocycles. The van der Waals surface area contributed by atoms with E-state index in [-0.39, 0.29) is 48.0 Å². The lowest BCUT2D eigenvalue weighted by molar-refractivity contribution is -0.138. The quantitative estimate of drug-likeness (QED) is 0.237. The molecular weight excluding hydrogens is 656 g/mol. The van der Waals surface area contributed by atoms with E-state index < -0.39 is 54.5 Å². The van der Waals surface area contributed by atoms with Crippen molar-refractivity contribution in [1.29, 1.82) is 0 Å². The van der Waals surface area contributed by atoms with Gasteiger partial charge in [-0.05, 0) is 48.0 Å². The van der Waals surface area contributed by atoms with Crippen LogP contribution in [-0.4, -0.2) is 59.6 Å². The van der Waals surface area contributed by atoms with E-state index in [1.165, 1.54) is 22.5 Å². The second-order valence-electron chi connectivity index (χ2n) is 10.3. The molecule has 0 aliphatic carbocycles. The fourth-order valence-electron chi connectivity index (χ4n) is 5.30. The number of nitrogens with zero attached hydrogens (tertiary/aromatic N) is 3. The van der Waals surface area contributed by atoms with Gasteiger partial charge < -0.3 is 4.90 Å². The zero-order valence-electron chi connectivity index (χ0n) is 22.8. The van der Waals surface area contributed by atoms with Gasteiger partial charge in [0.15, 0.2) is 0 Å². The summed E-state index contributed by atoms with van der Waals surface area (Å²) in [6.07, 6.45) is -6.01. The molecule has 3 aromatic carbocycles. The topological polar surface area (TPSA) is 78.0 Å². The molecule has 16 heteroatoms. The molecule has 1 atom stereocenters. The van der Waals surface area contributed by atoms with Crippen molar-refractivity contribution >= 4 is 55.2 Å². The highest BCUT2D eigenvalue weighted by Crippen LogP contribution is 2.42. The maximum atomic E-state index is 13.9. The highest BCUT2D eigenvalue weighted by Gasteiger charge is 2.42. The Morgan fingerprint density at radius 3 is 2.18 bits per heavy atom. The van der Waals surface area contributed by atoms with Gasteiger partial charge in [-0.3, -0.25) is 4.31 Å². The lowest BCUT2D eigenvalue weighted by Gasteiger charge is -2.48. The van der Waals surface area contributed by atoms with Crippen molar-refractivity contribution in [2.24, 2.45) is 0 Å². The normalized spacial score (nSPS) is 18.4. The molecule has 0 radical (unpaired) electrons. The first-order valence-electron chi connectivity index (χ1n) is 13.0. The molecule has 0 spiro atoms. The molecule has 44 heavy (non-hydrogen) atoms. The van der Waals surface area contributed by atoms with Crippen LogP contribution in [0.15, 0.2) is 65.6 Å². The van der Waals surface area contributed by atoms with Gasteiger partial charge in [-0.1, -0.05) is 42.0 Å². The summed E-state index contributed by atoms with van der Waals surface area (Å²) in [5.74, 6) is 0. The molecule has 0 unspecified atom stereocenters. The van der Waals surface area contributed by atoms with Crippen molar-refractivity contribution in [3.8, 4) is 0 Å². The van der Waals surface area contributed by atoms with E-state index in [4.69, 9.17) is 11.6 Å². The molecule has 0 N–H and O–H groups in total. The molecule has 3 aromatic rings. The van der Waals surface area contributed by atoms with E-state index in [2.05, 4.69) is 0 Å². The Bertz CT molecular complexity index is 1850. The van der Waals surface area contributed by atoms with E-state index >= 15 is 0 Å². The average molecular weight is 680 g/mol. The van der Waals surface area contributed by atoms with Crippen LogP contribution in [0.25, 0.3) is 12.2 Å². The van der Waals surface area contributed by atoms with Gasteiger partial charge in [0.1, 0.15) is 0 Å². The van der Waals surface area contributed by atoms with Crippen molar-refractivity contribution in [3.05, 3.63) is 87.9 Å². The maximum Gasteiger partial charge on any atom is 0.417 e. The van der Waals surface area contributed by atoms with Crippen molar-refractivity contribution < 1.29 is 43.2 Å². The van der Waals surface area contributed by atoms with Crippen molar-refractivity contribution in [2.75, 3.05) is 41.6 Å². The average Bonchev–Trinajstić information content (AvgIpc) is 2.94. The summed E-state index contributed by atoms with van der Waals surface area (Å²) in [5.41, 5.74) is -1.71. The Morgan fingerprint density at radius 1 is 0.818 bits per heavy atom.